The van der Waals surface area contributed by atoms with E-state index in [9.17, 15) is 57.1 Å². The van der Waals surface area contributed by atoms with E-state index in [-0.39, 0.29) is 0 Å². The summed E-state index contributed by atoms with van der Waals surface area (Å²) in [6.07, 6.45) is -8.81. The third-order valence-corrected chi connectivity index (χ3v) is 2.75. The quantitative estimate of drug-likeness (QED) is 0.501. The van der Waals surface area contributed by atoms with Crippen LogP contribution in [0.5, 0.6) is 0 Å². The number of aliphatic hydroxyl groups is 2. The lowest BCUT2D eigenvalue weighted by atomic mass is 9.93. The predicted molar refractivity (Wildman–Crippen MR) is 53.0 cm³/mol. The molecule has 0 saturated carbocycles. The minimum absolute atomic E-state index is 1.34. The van der Waals surface area contributed by atoms with E-state index in [1.807, 2.05) is 0 Å². The van der Waals surface area contributed by atoms with Gasteiger partial charge in [-0.2, -0.15) is 57.1 Å². The van der Waals surface area contributed by atoms with E-state index in [0.717, 1.165) is 0 Å². The van der Waals surface area contributed by atoms with Gasteiger partial charge in [0.25, 0.3) is 0 Å². The van der Waals surface area contributed by atoms with Gasteiger partial charge in [-0.3, -0.25) is 0 Å². The molecule has 0 aliphatic rings. The van der Waals surface area contributed by atoms with Gasteiger partial charge in [-0.05, 0) is 11.6 Å². The Morgan fingerprint density at radius 3 is 1.16 bits per heavy atom. The molecule has 2 N–H and O–H groups in total. The first-order chi connectivity index (χ1) is 10.7. The minimum Gasteiger partial charge on any atom is -0.392 e. The summed E-state index contributed by atoms with van der Waals surface area (Å²) < 4.78 is 165. The third-order valence-electron chi connectivity index (χ3n) is 2.75. The Labute approximate surface area is 129 Å². The van der Waals surface area contributed by atoms with Crippen LogP contribution >= 0.6 is 0 Å². The fraction of sp³-hybridized carbons (Fsp3) is 0.800. The molecule has 0 atom stereocenters. The highest BCUT2D eigenvalue weighted by molar-refractivity contribution is 5.18. The Balaban J connectivity index is 6.34. The zero-order chi connectivity index (χ0) is 20.7. The third kappa shape index (κ3) is 3.52. The van der Waals surface area contributed by atoms with Crippen molar-refractivity contribution in [3.63, 3.8) is 0 Å². The Hall–Kier alpha value is -1.25. The largest absolute Gasteiger partial charge is 0.460 e. The summed E-state index contributed by atoms with van der Waals surface area (Å²) in [6, 6.07) is 0. The Bertz CT molecular complexity index is 499. The molecule has 0 rings (SSSR count). The van der Waals surface area contributed by atoms with Gasteiger partial charge in [0.1, 0.15) is 0 Å². The maximum Gasteiger partial charge on any atom is 0.460 e. The van der Waals surface area contributed by atoms with Crippen LogP contribution in [-0.4, -0.2) is 59.2 Å². The van der Waals surface area contributed by atoms with Crippen molar-refractivity contribution in [2.24, 2.45) is 0 Å². The number of rotatable bonds is 7. The molecule has 0 aromatic carbocycles. The van der Waals surface area contributed by atoms with Crippen LogP contribution in [0.15, 0.2) is 11.6 Å². The highest BCUT2D eigenvalue weighted by atomic mass is 19.4. The molecule has 0 saturated heterocycles. The minimum atomic E-state index is -7.97. The number of hydrogen-bond donors (Lipinski definition) is 2. The van der Waals surface area contributed by atoms with Gasteiger partial charge in [-0.15, -0.1) is 0 Å². The van der Waals surface area contributed by atoms with E-state index in [4.69, 9.17) is 10.2 Å². The first-order valence-corrected chi connectivity index (χ1v) is 5.62. The maximum atomic E-state index is 13.1. The summed E-state index contributed by atoms with van der Waals surface area (Å²) in [5.74, 6) is -37.6. The van der Waals surface area contributed by atoms with Crippen LogP contribution < -0.4 is 0 Å². The van der Waals surface area contributed by atoms with Crippen LogP contribution in [0, 0.1) is 0 Å². The second-order valence-electron chi connectivity index (χ2n) is 4.54. The van der Waals surface area contributed by atoms with Crippen molar-refractivity contribution in [1.82, 2.24) is 0 Å². The first kappa shape index (κ1) is 23.8. The molecule has 0 bridgehead atoms. The standard InChI is InChI=1S/C10H7F13O2/c11-5(12,1-4(2-24)3-25)6(13,14)7(15,16)8(17,18)9(19,20)10(21,22)23/h1,24-25H,2-3H2. The van der Waals surface area contributed by atoms with Crippen molar-refractivity contribution in [1.29, 1.82) is 0 Å². The Morgan fingerprint density at radius 1 is 0.560 bits per heavy atom. The van der Waals surface area contributed by atoms with Crippen molar-refractivity contribution in [2.75, 3.05) is 13.2 Å². The highest BCUT2D eigenvalue weighted by Crippen LogP contribution is 2.60. The molecule has 0 amide bonds. The summed E-state index contributed by atoms with van der Waals surface area (Å²) in [7, 11) is 0. The van der Waals surface area contributed by atoms with Crippen molar-refractivity contribution < 1.29 is 67.3 Å². The van der Waals surface area contributed by atoms with Crippen molar-refractivity contribution >= 4 is 0 Å². The van der Waals surface area contributed by atoms with Gasteiger partial charge in [-0.25, -0.2) is 0 Å². The second kappa shape index (κ2) is 6.48. The van der Waals surface area contributed by atoms with Crippen LogP contribution in [-0.2, 0) is 0 Å². The summed E-state index contributed by atoms with van der Waals surface area (Å²) in [4.78, 5) is 0. The Morgan fingerprint density at radius 2 is 0.880 bits per heavy atom. The lowest BCUT2D eigenvalue weighted by Crippen LogP contribution is -2.69. The second-order valence-corrected chi connectivity index (χ2v) is 4.54. The molecule has 0 fully saturated rings. The average Bonchev–Trinajstić information content (AvgIpc) is 2.42. The van der Waals surface area contributed by atoms with E-state index in [0.29, 0.717) is 0 Å². The molecule has 0 heterocycles. The van der Waals surface area contributed by atoms with Crippen molar-refractivity contribution in [3.05, 3.63) is 11.6 Å². The smallest absolute Gasteiger partial charge is 0.392 e. The summed E-state index contributed by atoms with van der Waals surface area (Å²) >= 11 is 0. The lowest BCUT2D eigenvalue weighted by molar-refractivity contribution is -0.436. The van der Waals surface area contributed by atoms with Crippen LogP contribution in [0.25, 0.3) is 0 Å². The Kier molecular flexibility index (Phi) is 6.16. The normalized spacial score (nSPS) is 15.3. The zero-order valence-electron chi connectivity index (χ0n) is 11.3. The fourth-order valence-electron chi connectivity index (χ4n) is 1.27. The topological polar surface area (TPSA) is 40.5 Å². The van der Waals surface area contributed by atoms with Gasteiger partial charge >= 0.3 is 35.8 Å². The van der Waals surface area contributed by atoms with Gasteiger partial charge in [0.2, 0.25) is 0 Å². The molecule has 0 unspecified atom stereocenters. The molecule has 0 aromatic rings. The van der Waals surface area contributed by atoms with Crippen LogP contribution in [0.2, 0.25) is 0 Å². The molecule has 0 aliphatic heterocycles. The molecular weight excluding hydrogens is 399 g/mol. The van der Waals surface area contributed by atoms with E-state index in [1.165, 1.54) is 0 Å². The number of aliphatic hydroxyl groups excluding tert-OH is 2. The SMILES string of the molecule is OCC(=CC(F)(F)C(F)(F)C(F)(F)C(F)(F)C(F)(F)C(F)(F)F)CO. The van der Waals surface area contributed by atoms with Crippen molar-refractivity contribution in [2.45, 2.75) is 35.8 Å². The van der Waals surface area contributed by atoms with Gasteiger partial charge in [0.15, 0.2) is 0 Å². The fourth-order valence-corrected chi connectivity index (χ4v) is 1.27. The number of hydrogen-bond acceptors (Lipinski definition) is 2. The van der Waals surface area contributed by atoms with E-state index < -0.39 is 60.7 Å². The summed E-state index contributed by atoms with van der Waals surface area (Å²) in [6.45, 7) is -3.33. The van der Waals surface area contributed by atoms with Crippen LogP contribution in [0.1, 0.15) is 0 Å². The number of halogens is 13. The van der Waals surface area contributed by atoms with Crippen molar-refractivity contribution in [3.8, 4) is 0 Å². The molecule has 0 radical (unpaired) electrons. The molecule has 150 valence electrons. The summed E-state index contributed by atoms with van der Waals surface area (Å²) in [5, 5.41) is 16.7. The molecule has 0 spiro atoms. The zero-order valence-corrected chi connectivity index (χ0v) is 11.3. The molecule has 0 aliphatic carbocycles. The lowest BCUT2D eigenvalue weighted by Gasteiger charge is -2.39. The molecule has 15 heteroatoms. The first-order valence-electron chi connectivity index (χ1n) is 5.62. The highest BCUT2D eigenvalue weighted by Gasteiger charge is 2.90. The monoisotopic (exact) mass is 406 g/mol. The van der Waals surface area contributed by atoms with E-state index in [2.05, 4.69) is 0 Å². The van der Waals surface area contributed by atoms with Crippen LogP contribution in [0.4, 0.5) is 57.1 Å². The van der Waals surface area contributed by atoms with Crippen LogP contribution in [0.3, 0.4) is 0 Å². The molecule has 2 nitrogen and oxygen atoms in total. The van der Waals surface area contributed by atoms with Gasteiger partial charge in [-0.1, -0.05) is 0 Å². The molecular formula is C10H7F13O2. The van der Waals surface area contributed by atoms with Gasteiger partial charge in [0, 0.05) is 0 Å². The maximum absolute atomic E-state index is 13.1. The van der Waals surface area contributed by atoms with Gasteiger partial charge in [0.05, 0.1) is 13.2 Å². The van der Waals surface area contributed by atoms with Gasteiger partial charge < -0.3 is 10.2 Å². The molecule has 25 heavy (non-hydrogen) atoms. The number of allylic oxidation sites excluding steroid dienone is 1. The summed E-state index contributed by atoms with van der Waals surface area (Å²) in [5.41, 5.74) is -1.52. The number of alkyl halides is 13. The van der Waals surface area contributed by atoms with E-state index >= 15 is 0 Å². The average molecular weight is 406 g/mol. The predicted octanol–water partition coefficient (Wildman–Crippen LogP) is 3.64. The molecule has 0 aromatic heterocycles. The van der Waals surface area contributed by atoms with E-state index in [1.54, 1.807) is 0 Å².